The number of fused-ring (bicyclic) bond motifs is 1. The average molecular weight is 301 g/mol. The molecule has 108 valence electrons. The molecule has 0 saturated carbocycles. The highest BCUT2D eigenvalue weighted by atomic mass is 32.2. The van der Waals surface area contributed by atoms with Crippen molar-refractivity contribution in [3.05, 3.63) is 70.1 Å². The molecule has 4 nitrogen and oxygen atoms in total. The second-order valence-electron chi connectivity index (χ2n) is 4.71. The molecule has 0 fully saturated rings. The summed E-state index contributed by atoms with van der Waals surface area (Å²) in [6, 6.07) is 14.5. The molecule has 0 bridgehead atoms. The van der Waals surface area contributed by atoms with Crippen molar-refractivity contribution in [1.29, 1.82) is 0 Å². The molecule has 0 aromatic heterocycles. The summed E-state index contributed by atoms with van der Waals surface area (Å²) in [5.41, 5.74) is 8.54. The second kappa shape index (κ2) is 5.73. The Bertz CT molecular complexity index is 726. The lowest BCUT2D eigenvalue weighted by atomic mass is 10.1. The molecule has 0 spiro atoms. The Labute approximate surface area is 125 Å². The van der Waals surface area contributed by atoms with Crippen molar-refractivity contribution < 1.29 is 14.8 Å². The van der Waals surface area contributed by atoms with Crippen LogP contribution in [-0.4, -0.2) is 15.8 Å². The maximum Gasteiger partial charge on any atom is 0.248 e. The van der Waals surface area contributed by atoms with E-state index in [4.69, 9.17) is 5.73 Å². The Morgan fingerprint density at radius 3 is 2.48 bits per heavy atom. The fourth-order valence-electron chi connectivity index (χ4n) is 2.27. The second-order valence-corrected chi connectivity index (χ2v) is 6.09. The minimum Gasteiger partial charge on any atom is -0.606 e. The third-order valence-electron chi connectivity index (χ3n) is 3.30. The Kier molecular flexibility index (Phi) is 4.18. The number of carbonyl (C=O) groups is 1. The van der Waals surface area contributed by atoms with E-state index in [0.29, 0.717) is 21.7 Å². The number of aryl methyl sites for hydroxylation is 1. The van der Waals surface area contributed by atoms with Crippen LogP contribution in [0.3, 0.4) is 0 Å². The number of rotatable bonds is 1. The predicted molar refractivity (Wildman–Crippen MR) is 83.1 cm³/mol. The number of carbonyl (C=O) groups excluding carboxylic acids is 1. The number of allylic oxidation sites excluding steroid dienone is 1. The Morgan fingerprint density at radius 1 is 1.14 bits per heavy atom. The summed E-state index contributed by atoms with van der Waals surface area (Å²) in [6.45, 7) is 1.90. The van der Waals surface area contributed by atoms with E-state index in [-0.39, 0.29) is 16.2 Å². The van der Waals surface area contributed by atoms with Gasteiger partial charge in [0.05, 0.1) is 11.3 Å². The molecule has 0 radical (unpaired) electrons. The summed E-state index contributed by atoms with van der Waals surface area (Å²) in [7, 11) is 0. The van der Waals surface area contributed by atoms with E-state index < -0.39 is 11.2 Å². The summed E-state index contributed by atoms with van der Waals surface area (Å²) in [5, 5.41) is 0. The van der Waals surface area contributed by atoms with Crippen LogP contribution in [0.2, 0.25) is 0 Å². The van der Waals surface area contributed by atoms with Gasteiger partial charge in [-0.05, 0) is 19.1 Å². The SMILES string of the molecule is Cc1ccc2c(c1)C(=O)C(=C(N)c1ccccc1)[S+]2[O-].O. The number of hydrogen-bond donors (Lipinski definition) is 1. The van der Waals surface area contributed by atoms with Crippen LogP contribution in [0.4, 0.5) is 0 Å². The van der Waals surface area contributed by atoms with Gasteiger partial charge in [-0.25, -0.2) is 0 Å². The quantitative estimate of drug-likeness (QED) is 0.642. The monoisotopic (exact) mass is 301 g/mol. The summed E-state index contributed by atoms with van der Waals surface area (Å²) >= 11 is -1.50. The highest BCUT2D eigenvalue weighted by Gasteiger charge is 2.41. The van der Waals surface area contributed by atoms with Gasteiger partial charge >= 0.3 is 0 Å². The van der Waals surface area contributed by atoms with E-state index in [2.05, 4.69) is 0 Å². The Hall–Kier alpha value is -2.08. The van der Waals surface area contributed by atoms with Crippen molar-refractivity contribution in [3.8, 4) is 0 Å². The Morgan fingerprint density at radius 2 is 1.81 bits per heavy atom. The molecular weight excluding hydrogens is 286 g/mol. The molecule has 1 unspecified atom stereocenters. The van der Waals surface area contributed by atoms with Crippen molar-refractivity contribution in [1.82, 2.24) is 0 Å². The minimum absolute atomic E-state index is 0. The van der Waals surface area contributed by atoms with Gasteiger partial charge in [0.25, 0.3) is 0 Å². The zero-order valence-corrected chi connectivity index (χ0v) is 12.2. The molecule has 0 amide bonds. The summed E-state index contributed by atoms with van der Waals surface area (Å²) < 4.78 is 12.5. The van der Waals surface area contributed by atoms with Crippen molar-refractivity contribution in [2.45, 2.75) is 11.8 Å². The van der Waals surface area contributed by atoms with Crippen LogP contribution in [0.25, 0.3) is 5.70 Å². The first-order valence-electron chi connectivity index (χ1n) is 6.22. The standard InChI is InChI=1S/C16H13NO2S.H2O/c1-10-7-8-13-12(9-10)15(18)16(20(13)19)14(17)11-5-3-2-4-6-11;/h2-9H,17H2,1H3;1H2. The first-order chi connectivity index (χ1) is 9.59. The first-order valence-corrected chi connectivity index (χ1v) is 7.37. The molecule has 1 heterocycles. The van der Waals surface area contributed by atoms with Crippen LogP contribution in [0.5, 0.6) is 0 Å². The van der Waals surface area contributed by atoms with Crippen LogP contribution < -0.4 is 5.73 Å². The molecule has 0 aliphatic carbocycles. The van der Waals surface area contributed by atoms with E-state index in [1.54, 1.807) is 24.3 Å². The first kappa shape index (κ1) is 15.3. The van der Waals surface area contributed by atoms with Gasteiger partial charge in [0.15, 0.2) is 4.90 Å². The van der Waals surface area contributed by atoms with Gasteiger partial charge in [0.2, 0.25) is 10.7 Å². The third kappa shape index (κ3) is 2.47. The zero-order chi connectivity index (χ0) is 14.3. The van der Waals surface area contributed by atoms with Crippen molar-refractivity contribution in [2.24, 2.45) is 5.73 Å². The van der Waals surface area contributed by atoms with Crippen LogP contribution in [0.15, 0.2) is 58.3 Å². The van der Waals surface area contributed by atoms with Crippen LogP contribution >= 0.6 is 0 Å². The van der Waals surface area contributed by atoms with E-state index in [9.17, 15) is 9.35 Å². The van der Waals surface area contributed by atoms with Crippen molar-refractivity contribution in [3.63, 3.8) is 0 Å². The number of benzene rings is 2. The fraction of sp³-hybridized carbons (Fsp3) is 0.0625. The number of hydrogen-bond acceptors (Lipinski definition) is 3. The smallest absolute Gasteiger partial charge is 0.248 e. The highest BCUT2D eigenvalue weighted by Crippen LogP contribution is 2.37. The minimum atomic E-state index is -1.50. The number of Topliss-reactive ketones (excluding diaryl/α,β-unsaturated/α-hetero) is 1. The maximum absolute atomic E-state index is 12.5. The molecule has 2 aromatic carbocycles. The third-order valence-corrected chi connectivity index (χ3v) is 4.83. The predicted octanol–water partition coefficient (Wildman–Crippen LogP) is 1.80. The van der Waals surface area contributed by atoms with Gasteiger partial charge in [-0.3, -0.25) is 4.79 Å². The van der Waals surface area contributed by atoms with Gasteiger partial charge in [-0.15, -0.1) is 0 Å². The van der Waals surface area contributed by atoms with E-state index in [1.807, 2.05) is 31.2 Å². The molecule has 3 rings (SSSR count). The largest absolute Gasteiger partial charge is 0.606 e. The van der Waals surface area contributed by atoms with E-state index in [0.717, 1.165) is 5.56 Å². The van der Waals surface area contributed by atoms with Crippen molar-refractivity contribution in [2.75, 3.05) is 0 Å². The molecule has 1 aliphatic rings. The maximum atomic E-state index is 12.5. The molecule has 1 atom stereocenters. The molecule has 1 aliphatic heterocycles. The van der Waals surface area contributed by atoms with Gasteiger partial charge < -0.3 is 15.8 Å². The molecule has 5 heteroatoms. The normalized spacial score (nSPS) is 19.0. The van der Waals surface area contributed by atoms with Gasteiger partial charge in [-0.2, -0.15) is 0 Å². The molecular formula is C16H15NO3S. The zero-order valence-electron chi connectivity index (χ0n) is 11.4. The summed E-state index contributed by atoms with van der Waals surface area (Å²) in [5.74, 6) is -0.233. The summed E-state index contributed by atoms with van der Waals surface area (Å²) in [4.78, 5) is 13.2. The number of nitrogens with two attached hydrogens (primary N) is 1. The lowest BCUT2D eigenvalue weighted by Gasteiger charge is -2.07. The molecule has 0 saturated heterocycles. The topological polar surface area (TPSA) is 97.7 Å². The average Bonchev–Trinajstić information content (AvgIpc) is 2.71. The van der Waals surface area contributed by atoms with Crippen LogP contribution in [0.1, 0.15) is 21.5 Å². The van der Waals surface area contributed by atoms with Gasteiger partial charge in [0.1, 0.15) is 0 Å². The van der Waals surface area contributed by atoms with Crippen LogP contribution in [-0.2, 0) is 11.2 Å². The molecule has 2 aromatic rings. The van der Waals surface area contributed by atoms with Gasteiger partial charge in [-0.1, -0.05) is 42.0 Å². The molecule has 4 N–H and O–H groups in total. The molecule has 21 heavy (non-hydrogen) atoms. The fourth-order valence-corrected chi connectivity index (χ4v) is 3.63. The summed E-state index contributed by atoms with van der Waals surface area (Å²) in [6.07, 6.45) is 0. The Balaban J connectivity index is 0.00000161. The van der Waals surface area contributed by atoms with Crippen molar-refractivity contribution >= 4 is 22.7 Å². The van der Waals surface area contributed by atoms with E-state index >= 15 is 0 Å². The van der Waals surface area contributed by atoms with Gasteiger partial charge in [0, 0.05) is 16.7 Å². The van der Waals surface area contributed by atoms with E-state index in [1.165, 1.54) is 0 Å². The lowest BCUT2D eigenvalue weighted by molar-refractivity contribution is 0.104. The highest BCUT2D eigenvalue weighted by molar-refractivity contribution is 7.97. The lowest BCUT2D eigenvalue weighted by Crippen LogP contribution is -2.11. The number of ketones is 1. The van der Waals surface area contributed by atoms with Crippen LogP contribution in [0, 0.1) is 6.92 Å².